The monoisotopic (exact) mass is 133 g/mol. The molecule has 0 atom stereocenters. The lowest BCUT2D eigenvalue weighted by atomic mass is 10.4. The van der Waals surface area contributed by atoms with Crippen LogP contribution in [0.1, 0.15) is 0 Å². The fourth-order valence-corrected chi connectivity index (χ4v) is 0.391. The average Bonchev–Trinajstić information content (AvgIpc) is 1.97. The van der Waals surface area contributed by atoms with E-state index in [1.54, 1.807) is 18.2 Å². The summed E-state index contributed by atoms with van der Waals surface area (Å²) in [5, 5.41) is 6.64. The fourth-order valence-electron chi connectivity index (χ4n) is 0.391. The Kier molecular flexibility index (Phi) is 6.58. The zero-order valence-corrected chi connectivity index (χ0v) is 5.83. The summed E-state index contributed by atoms with van der Waals surface area (Å²) in [6.45, 7) is 3.52. The van der Waals surface area contributed by atoms with Gasteiger partial charge < -0.3 is 5.41 Å². The van der Waals surface area contributed by atoms with Crippen molar-refractivity contribution in [1.29, 1.82) is 5.41 Å². The minimum Gasteiger partial charge on any atom is -0.309 e. The van der Waals surface area contributed by atoms with Crippen molar-refractivity contribution in [3.8, 4) is 0 Å². The predicted octanol–water partition coefficient (Wildman–Crippen LogP) is 2.49. The van der Waals surface area contributed by atoms with Gasteiger partial charge in [0, 0.05) is 6.21 Å². The van der Waals surface area contributed by atoms with E-state index in [9.17, 15) is 0 Å². The highest BCUT2D eigenvalue weighted by Gasteiger charge is 1.59. The van der Waals surface area contributed by atoms with Crippen LogP contribution in [0.25, 0.3) is 0 Å². The first-order valence-electron chi connectivity index (χ1n) is 3.03. The molecule has 0 aliphatic heterocycles. The number of nitrogens with one attached hydrogen (secondary N) is 1. The van der Waals surface area contributed by atoms with E-state index < -0.39 is 0 Å². The molecule has 0 amide bonds. The van der Waals surface area contributed by atoms with Crippen molar-refractivity contribution >= 4 is 6.21 Å². The quantitative estimate of drug-likeness (QED) is 0.450. The van der Waals surface area contributed by atoms with Crippen molar-refractivity contribution in [2.75, 3.05) is 0 Å². The first-order valence-corrected chi connectivity index (χ1v) is 3.03. The van der Waals surface area contributed by atoms with Gasteiger partial charge in [-0.15, -0.1) is 0 Å². The lowest BCUT2D eigenvalue weighted by Gasteiger charge is -1.70. The van der Waals surface area contributed by atoms with Crippen LogP contribution in [0.3, 0.4) is 0 Å². The van der Waals surface area contributed by atoms with Gasteiger partial charge in [0.25, 0.3) is 0 Å². The van der Waals surface area contributed by atoms with E-state index in [1.165, 1.54) is 6.21 Å². The lowest BCUT2D eigenvalue weighted by molar-refractivity contribution is 1.58. The van der Waals surface area contributed by atoms with E-state index in [0.717, 1.165) is 0 Å². The van der Waals surface area contributed by atoms with E-state index in [1.807, 2.05) is 24.3 Å². The van der Waals surface area contributed by atoms with Crippen LogP contribution in [-0.2, 0) is 0 Å². The normalized spacial score (nSPS) is 11.6. The van der Waals surface area contributed by atoms with Crippen molar-refractivity contribution in [3.05, 3.63) is 49.1 Å². The molecule has 0 aliphatic carbocycles. The van der Waals surface area contributed by atoms with Crippen LogP contribution >= 0.6 is 0 Å². The highest BCUT2D eigenvalue weighted by molar-refractivity contribution is 5.68. The SMILES string of the molecule is C=C\C=C/C=C\C=C\C=N. The topological polar surface area (TPSA) is 23.9 Å². The highest BCUT2D eigenvalue weighted by Crippen LogP contribution is 1.78. The van der Waals surface area contributed by atoms with Gasteiger partial charge in [-0.05, 0) is 6.08 Å². The van der Waals surface area contributed by atoms with Crippen molar-refractivity contribution in [3.63, 3.8) is 0 Å². The van der Waals surface area contributed by atoms with Crippen molar-refractivity contribution in [2.45, 2.75) is 0 Å². The standard InChI is InChI=1S/C9H11N/c1-2-3-4-5-6-7-8-9-10/h2-10H,1H2/b4-3-,6-5-,8-7+,10-9?. The average molecular weight is 133 g/mol. The first kappa shape index (κ1) is 8.63. The van der Waals surface area contributed by atoms with E-state index in [-0.39, 0.29) is 0 Å². The number of allylic oxidation sites excluding steroid dienone is 7. The summed E-state index contributed by atoms with van der Waals surface area (Å²) in [4.78, 5) is 0. The molecular weight excluding hydrogens is 122 g/mol. The van der Waals surface area contributed by atoms with Gasteiger partial charge in [-0.1, -0.05) is 43.0 Å². The Bertz CT molecular complexity index is 153. The van der Waals surface area contributed by atoms with Gasteiger partial charge in [-0.2, -0.15) is 0 Å². The molecule has 0 aliphatic rings. The Hall–Kier alpha value is -1.37. The molecule has 52 valence electrons. The second kappa shape index (κ2) is 7.63. The van der Waals surface area contributed by atoms with Crippen molar-refractivity contribution < 1.29 is 0 Å². The van der Waals surface area contributed by atoms with E-state index in [0.29, 0.717) is 0 Å². The van der Waals surface area contributed by atoms with Gasteiger partial charge >= 0.3 is 0 Å². The zero-order chi connectivity index (χ0) is 7.66. The maximum absolute atomic E-state index is 6.64. The van der Waals surface area contributed by atoms with Crippen LogP contribution in [0.5, 0.6) is 0 Å². The number of hydrogen-bond acceptors (Lipinski definition) is 1. The molecular formula is C9H11N. The van der Waals surface area contributed by atoms with Gasteiger partial charge in [0.05, 0.1) is 0 Å². The molecule has 0 aromatic rings. The summed E-state index contributed by atoms with van der Waals surface area (Å²) in [7, 11) is 0. The van der Waals surface area contributed by atoms with Gasteiger partial charge in [0.15, 0.2) is 0 Å². The third-order valence-corrected chi connectivity index (χ3v) is 0.788. The largest absolute Gasteiger partial charge is 0.309 e. The van der Waals surface area contributed by atoms with Crippen LogP contribution in [0.4, 0.5) is 0 Å². The summed E-state index contributed by atoms with van der Waals surface area (Å²) < 4.78 is 0. The Morgan fingerprint density at radius 2 is 1.30 bits per heavy atom. The summed E-state index contributed by atoms with van der Waals surface area (Å²) in [6, 6.07) is 0. The van der Waals surface area contributed by atoms with Crippen molar-refractivity contribution in [2.24, 2.45) is 0 Å². The second-order valence-electron chi connectivity index (χ2n) is 1.56. The Morgan fingerprint density at radius 3 is 1.80 bits per heavy atom. The molecule has 0 saturated heterocycles. The molecule has 0 aromatic heterocycles. The van der Waals surface area contributed by atoms with E-state index in [2.05, 4.69) is 6.58 Å². The molecule has 1 nitrogen and oxygen atoms in total. The third-order valence-electron chi connectivity index (χ3n) is 0.788. The zero-order valence-electron chi connectivity index (χ0n) is 5.83. The smallest absolute Gasteiger partial charge is 0.0177 e. The first-order chi connectivity index (χ1) is 4.91. The van der Waals surface area contributed by atoms with Crippen LogP contribution in [0.15, 0.2) is 49.1 Å². The maximum atomic E-state index is 6.64. The number of hydrogen-bond donors (Lipinski definition) is 1. The second-order valence-corrected chi connectivity index (χ2v) is 1.56. The summed E-state index contributed by atoms with van der Waals surface area (Å²) in [5.41, 5.74) is 0. The highest BCUT2D eigenvalue weighted by atomic mass is 14.3. The van der Waals surface area contributed by atoms with Crippen molar-refractivity contribution in [1.82, 2.24) is 0 Å². The molecule has 0 bridgehead atoms. The maximum Gasteiger partial charge on any atom is 0.0177 e. The molecule has 10 heavy (non-hydrogen) atoms. The fraction of sp³-hybridized carbons (Fsp3) is 0. The van der Waals surface area contributed by atoms with Gasteiger partial charge in [0.1, 0.15) is 0 Å². The summed E-state index contributed by atoms with van der Waals surface area (Å²) >= 11 is 0. The molecule has 0 spiro atoms. The van der Waals surface area contributed by atoms with Crippen LogP contribution in [0.2, 0.25) is 0 Å². The van der Waals surface area contributed by atoms with Crippen LogP contribution in [-0.4, -0.2) is 6.21 Å². The van der Waals surface area contributed by atoms with E-state index >= 15 is 0 Å². The summed E-state index contributed by atoms with van der Waals surface area (Å²) in [6.07, 6.45) is 13.8. The minimum absolute atomic E-state index is 1.24. The molecule has 0 aromatic carbocycles. The molecule has 0 fully saturated rings. The van der Waals surface area contributed by atoms with Crippen LogP contribution < -0.4 is 0 Å². The van der Waals surface area contributed by atoms with Crippen LogP contribution in [0, 0.1) is 5.41 Å². The lowest BCUT2D eigenvalue weighted by Crippen LogP contribution is -1.54. The van der Waals surface area contributed by atoms with Gasteiger partial charge in [-0.3, -0.25) is 0 Å². The van der Waals surface area contributed by atoms with Gasteiger partial charge in [0.2, 0.25) is 0 Å². The molecule has 0 rings (SSSR count). The van der Waals surface area contributed by atoms with E-state index in [4.69, 9.17) is 5.41 Å². The Morgan fingerprint density at radius 1 is 0.800 bits per heavy atom. The molecule has 0 unspecified atom stereocenters. The molecule has 0 radical (unpaired) electrons. The minimum atomic E-state index is 1.24. The third kappa shape index (κ3) is 6.63. The predicted molar refractivity (Wildman–Crippen MR) is 46.4 cm³/mol. The number of rotatable bonds is 4. The molecule has 1 N–H and O–H groups in total. The summed E-state index contributed by atoms with van der Waals surface area (Å²) in [5.74, 6) is 0. The molecule has 0 heterocycles. The van der Waals surface area contributed by atoms with Gasteiger partial charge in [-0.25, -0.2) is 0 Å². The molecule has 1 heteroatoms. The Balaban J connectivity index is 3.55. The molecule has 0 saturated carbocycles. The Labute approximate surface area is 61.6 Å².